The molecule has 0 aliphatic carbocycles. The summed E-state index contributed by atoms with van der Waals surface area (Å²) in [6.45, 7) is 14.5. The summed E-state index contributed by atoms with van der Waals surface area (Å²) in [5, 5.41) is 3.59. The van der Waals surface area contributed by atoms with E-state index in [1.165, 1.54) is 17.5 Å². The summed E-state index contributed by atoms with van der Waals surface area (Å²) in [6.07, 6.45) is 1.20. The third-order valence-corrected chi connectivity index (χ3v) is 3.98. The third-order valence-electron chi connectivity index (χ3n) is 3.98. The molecule has 0 amide bonds. The van der Waals surface area contributed by atoms with Crippen molar-refractivity contribution in [3.63, 3.8) is 0 Å². The van der Waals surface area contributed by atoms with Gasteiger partial charge in [-0.25, -0.2) is 0 Å². The Morgan fingerprint density at radius 3 is 2.55 bits per heavy atom. The summed E-state index contributed by atoms with van der Waals surface area (Å²) in [7, 11) is 2.23. The van der Waals surface area contributed by atoms with E-state index in [4.69, 9.17) is 0 Å². The molecule has 0 saturated carbocycles. The second kappa shape index (κ2) is 7.80. The van der Waals surface area contributed by atoms with Gasteiger partial charge in [-0.15, -0.1) is 0 Å². The van der Waals surface area contributed by atoms with Crippen LogP contribution in [0, 0.1) is 12.3 Å². The van der Waals surface area contributed by atoms with Crippen molar-refractivity contribution in [2.24, 2.45) is 5.41 Å². The molecule has 114 valence electrons. The van der Waals surface area contributed by atoms with E-state index in [-0.39, 0.29) is 0 Å². The zero-order valence-corrected chi connectivity index (χ0v) is 14.2. The molecule has 1 rings (SSSR count). The summed E-state index contributed by atoms with van der Waals surface area (Å²) in [5.41, 5.74) is 3.08. The molecule has 1 unspecified atom stereocenters. The molecule has 2 nitrogen and oxygen atoms in total. The van der Waals surface area contributed by atoms with Crippen LogP contribution < -0.4 is 5.32 Å². The van der Waals surface area contributed by atoms with E-state index in [1.807, 2.05) is 0 Å². The molecule has 1 aromatic rings. The van der Waals surface area contributed by atoms with Gasteiger partial charge in [0, 0.05) is 25.7 Å². The largest absolute Gasteiger partial charge is 0.314 e. The minimum absolute atomic E-state index is 0.336. The van der Waals surface area contributed by atoms with Gasteiger partial charge in [-0.2, -0.15) is 0 Å². The number of aryl methyl sites for hydroxylation is 1. The van der Waals surface area contributed by atoms with Gasteiger partial charge in [0.15, 0.2) is 0 Å². The van der Waals surface area contributed by atoms with Gasteiger partial charge in [-0.05, 0) is 31.4 Å². The third kappa shape index (κ3) is 6.06. The SMILES string of the molecule is CCC(C)(CNC(C)C)CN(C)Cc1cccc(C)c1. The monoisotopic (exact) mass is 276 g/mol. The number of rotatable bonds is 8. The zero-order chi connectivity index (χ0) is 15.2. The molecule has 0 spiro atoms. The molecule has 0 bridgehead atoms. The average molecular weight is 276 g/mol. The summed E-state index contributed by atoms with van der Waals surface area (Å²) in [4.78, 5) is 2.44. The first-order valence-corrected chi connectivity index (χ1v) is 7.82. The predicted octanol–water partition coefficient (Wildman–Crippen LogP) is 3.84. The Hall–Kier alpha value is -0.860. The molecule has 0 radical (unpaired) electrons. The smallest absolute Gasteiger partial charge is 0.0231 e. The Kier molecular flexibility index (Phi) is 6.70. The van der Waals surface area contributed by atoms with Gasteiger partial charge in [0.2, 0.25) is 0 Å². The maximum atomic E-state index is 3.59. The molecule has 0 fully saturated rings. The molecule has 0 heterocycles. The van der Waals surface area contributed by atoms with E-state index in [1.54, 1.807) is 0 Å². The highest BCUT2D eigenvalue weighted by atomic mass is 15.1. The van der Waals surface area contributed by atoms with Crippen LogP contribution in [0.5, 0.6) is 0 Å². The first kappa shape index (κ1) is 17.2. The molecule has 0 aliphatic rings. The highest BCUT2D eigenvalue weighted by molar-refractivity contribution is 5.22. The van der Waals surface area contributed by atoms with Crippen molar-refractivity contribution in [3.05, 3.63) is 35.4 Å². The molecular weight excluding hydrogens is 244 g/mol. The van der Waals surface area contributed by atoms with Crippen LogP contribution in [-0.2, 0) is 6.54 Å². The van der Waals surface area contributed by atoms with Crippen molar-refractivity contribution >= 4 is 0 Å². The van der Waals surface area contributed by atoms with Crippen molar-refractivity contribution in [2.75, 3.05) is 20.1 Å². The lowest BCUT2D eigenvalue weighted by molar-refractivity contribution is 0.172. The van der Waals surface area contributed by atoms with Crippen LogP contribution in [0.1, 0.15) is 45.2 Å². The number of hydrogen-bond donors (Lipinski definition) is 1. The van der Waals surface area contributed by atoms with E-state index < -0.39 is 0 Å². The molecule has 0 aromatic heterocycles. The number of benzene rings is 1. The topological polar surface area (TPSA) is 15.3 Å². The Morgan fingerprint density at radius 1 is 1.30 bits per heavy atom. The van der Waals surface area contributed by atoms with E-state index in [2.05, 4.69) is 76.1 Å². The Labute approximate surface area is 125 Å². The number of nitrogens with zero attached hydrogens (tertiary/aromatic N) is 1. The summed E-state index contributed by atoms with van der Waals surface area (Å²) in [5.74, 6) is 0. The normalized spacial score (nSPS) is 14.8. The van der Waals surface area contributed by atoms with E-state index in [0.29, 0.717) is 11.5 Å². The lowest BCUT2D eigenvalue weighted by atomic mass is 9.86. The van der Waals surface area contributed by atoms with Gasteiger partial charge in [0.1, 0.15) is 0 Å². The Balaban J connectivity index is 2.56. The second-order valence-electron chi connectivity index (χ2n) is 6.86. The fourth-order valence-corrected chi connectivity index (χ4v) is 2.57. The van der Waals surface area contributed by atoms with E-state index >= 15 is 0 Å². The number of hydrogen-bond acceptors (Lipinski definition) is 2. The van der Waals surface area contributed by atoms with Gasteiger partial charge < -0.3 is 10.2 Å². The molecule has 20 heavy (non-hydrogen) atoms. The van der Waals surface area contributed by atoms with Crippen LogP contribution in [-0.4, -0.2) is 31.1 Å². The fourth-order valence-electron chi connectivity index (χ4n) is 2.57. The Morgan fingerprint density at radius 2 is 2.00 bits per heavy atom. The minimum atomic E-state index is 0.336. The quantitative estimate of drug-likeness (QED) is 0.776. The van der Waals surface area contributed by atoms with Crippen LogP contribution >= 0.6 is 0 Å². The molecule has 1 atom stereocenters. The minimum Gasteiger partial charge on any atom is -0.314 e. The summed E-state index contributed by atoms with van der Waals surface area (Å²) < 4.78 is 0. The second-order valence-corrected chi connectivity index (χ2v) is 6.86. The van der Waals surface area contributed by atoms with Crippen molar-refractivity contribution < 1.29 is 0 Å². The maximum absolute atomic E-state index is 3.59. The van der Waals surface area contributed by atoms with Crippen molar-refractivity contribution in [1.29, 1.82) is 0 Å². The van der Waals surface area contributed by atoms with Crippen LogP contribution in [0.15, 0.2) is 24.3 Å². The van der Waals surface area contributed by atoms with Crippen molar-refractivity contribution in [1.82, 2.24) is 10.2 Å². The van der Waals surface area contributed by atoms with Crippen LogP contribution in [0.3, 0.4) is 0 Å². The standard InChI is InChI=1S/C18H32N2/c1-7-18(5,13-19-15(2)3)14-20(6)12-17-10-8-9-16(4)11-17/h8-11,15,19H,7,12-14H2,1-6H3. The number of nitrogens with one attached hydrogen (secondary N) is 1. The van der Waals surface area contributed by atoms with E-state index in [9.17, 15) is 0 Å². The molecule has 2 heteroatoms. The lowest BCUT2D eigenvalue weighted by Crippen LogP contribution is -2.42. The molecule has 0 saturated heterocycles. The Bertz CT molecular complexity index is 400. The van der Waals surface area contributed by atoms with Gasteiger partial charge in [0.05, 0.1) is 0 Å². The van der Waals surface area contributed by atoms with Gasteiger partial charge >= 0.3 is 0 Å². The average Bonchev–Trinajstić information content (AvgIpc) is 2.36. The molecule has 1 aromatic carbocycles. The van der Waals surface area contributed by atoms with Crippen LogP contribution in [0.25, 0.3) is 0 Å². The zero-order valence-electron chi connectivity index (χ0n) is 14.2. The first-order chi connectivity index (χ1) is 9.34. The van der Waals surface area contributed by atoms with Gasteiger partial charge in [-0.3, -0.25) is 0 Å². The molecule has 0 aliphatic heterocycles. The van der Waals surface area contributed by atoms with Crippen molar-refractivity contribution in [2.45, 2.75) is 53.6 Å². The van der Waals surface area contributed by atoms with Gasteiger partial charge in [-0.1, -0.05) is 57.5 Å². The van der Waals surface area contributed by atoms with E-state index in [0.717, 1.165) is 19.6 Å². The maximum Gasteiger partial charge on any atom is 0.0231 e. The van der Waals surface area contributed by atoms with Crippen molar-refractivity contribution in [3.8, 4) is 0 Å². The van der Waals surface area contributed by atoms with Gasteiger partial charge in [0.25, 0.3) is 0 Å². The summed E-state index contributed by atoms with van der Waals surface area (Å²) >= 11 is 0. The first-order valence-electron chi connectivity index (χ1n) is 7.82. The highest BCUT2D eigenvalue weighted by Gasteiger charge is 2.24. The highest BCUT2D eigenvalue weighted by Crippen LogP contribution is 2.22. The summed E-state index contributed by atoms with van der Waals surface area (Å²) in [6, 6.07) is 9.37. The van der Waals surface area contributed by atoms with Crippen LogP contribution in [0.4, 0.5) is 0 Å². The fraction of sp³-hybridized carbons (Fsp3) is 0.667. The molecule has 1 N–H and O–H groups in total. The van der Waals surface area contributed by atoms with Crippen LogP contribution in [0.2, 0.25) is 0 Å². The predicted molar refractivity (Wildman–Crippen MR) is 89.0 cm³/mol. The molecular formula is C18H32N2. The lowest BCUT2D eigenvalue weighted by Gasteiger charge is -2.34.